The van der Waals surface area contributed by atoms with Crippen molar-refractivity contribution in [2.75, 3.05) is 5.75 Å². The van der Waals surface area contributed by atoms with Crippen molar-refractivity contribution in [3.8, 4) is 6.07 Å². The minimum Gasteiger partial charge on any atom is -0.294 e. The first-order valence-corrected chi connectivity index (χ1v) is 9.42. The van der Waals surface area contributed by atoms with Crippen molar-refractivity contribution >= 4 is 17.5 Å². The van der Waals surface area contributed by atoms with Crippen LogP contribution >= 0.6 is 11.8 Å². The molecule has 1 aromatic carbocycles. The molecule has 0 atom stereocenters. The molecule has 0 amide bonds. The van der Waals surface area contributed by atoms with E-state index in [4.69, 9.17) is 0 Å². The molecule has 2 aromatic rings. The summed E-state index contributed by atoms with van der Waals surface area (Å²) in [6.07, 6.45) is 4.21. The number of pyridine rings is 1. The minimum absolute atomic E-state index is 0.0131. The van der Waals surface area contributed by atoms with Crippen LogP contribution in [0.2, 0.25) is 0 Å². The molecule has 5 heteroatoms. The van der Waals surface area contributed by atoms with Gasteiger partial charge in [0.15, 0.2) is 5.78 Å². The van der Waals surface area contributed by atoms with Crippen LogP contribution in [-0.2, 0) is 12.8 Å². The fourth-order valence-corrected chi connectivity index (χ4v) is 4.16. The van der Waals surface area contributed by atoms with Gasteiger partial charge in [0.05, 0.1) is 5.56 Å². The van der Waals surface area contributed by atoms with Crippen LogP contribution in [0.4, 0.5) is 4.39 Å². The quantitative estimate of drug-likeness (QED) is 0.431. The number of carbonyl (C=O) groups is 1. The number of rotatable bonds is 6. The summed E-state index contributed by atoms with van der Waals surface area (Å²) in [6, 6.07) is 7.93. The molecule has 0 saturated heterocycles. The SMILES string of the molecule is Cc1c(C#N)c(SCCCC(=O)c2ccc(F)cc2)nc2c1CCC2. The van der Waals surface area contributed by atoms with E-state index in [1.54, 1.807) is 11.8 Å². The molecule has 0 bridgehead atoms. The predicted octanol–water partition coefficient (Wildman–Crippen LogP) is 4.64. The Kier molecular flexibility index (Phi) is 5.50. The number of nitrogens with zero attached hydrogens (tertiary/aromatic N) is 2. The number of hydrogen-bond acceptors (Lipinski definition) is 4. The lowest BCUT2D eigenvalue weighted by molar-refractivity contribution is 0.0982. The van der Waals surface area contributed by atoms with Gasteiger partial charge in [-0.05, 0) is 73.8 Å². The van der Waals surface area contributed by atoms with Crippen molar-refractivity contribution in [2.24, 2.45) is 0 Å². The maximum atomic E-state index is 12.9. The molecule has 0 spiro atoms. The fraction of sp³-hybridized carbons (Fsp3) is 0.350. The second kappa shape index (κ2) is 7.79. The van der Waals surface area contributed by atoms with Crippen LogP contribution in [0.1, 0.15) is 52.0 Å². The molecule has 0 fully saturated rings. The Morgan fingerprint density at radius 2 is 2.08 bits per heavy atom. The molecule has 25 heavy (non-hydrogen) atoms. The molecule has 1 aliphatic carbocycles. The Balaban J connectivity index is 1.59. The molecule has 0 unspecified atom stereocenters. The van der Waals surface area contributed by atoms with E-state index >= 15 is 0 Å². The molecule has 1 aliphatic rings. The van der Waals surface area contributed by atoms with E-state index < -0.39 is 0 Å². The Morgan fingerprint density at radius 1 is 1.32 bits per heavy atom. The van der Waals surface area contributed by atoms with E-state index in [1.807, 2.05) is 6.92 Å². The number of ketones is 1. The van der Waals surface area contributed by atoms with Crippen molar-refractivity contribution in [1.82, 2.24) is 4.98 Å². The lowest BCUT2D eigenvalue weighted by atomic mass is 10.0. The van der Waals surface area contributed by atoms with Gasteiger partial charge in [0, 0.05) is 17.7 Å². The van der Waals surface area contributed by atoms with Crippen LogP contribution in [0.15, 0.2) is 29.3 Å². The van der Waals surface area contributed by atoms with E-state index in [9.17, 15) is 14.4 Å². The molecule has 1 aromatic heterocycles. The van der Waals surface area contributed by atoms with Crippen LogP contribution in [0.5, 0.6) is 0 Å². The zero-order valence-corrected chi connectivity index (χ0v) is 15.0. The van der Waals surface area contributed by atoms with Crippen LogP contribution in [0.3, 0.4) is 0 Å². The molecular formula is C20H19FN2OS. The molecular weight excluding hydrogens is 335 g/mol. The summed E-state index contributed by atoms with van der Waals surface area (Å²) in [4.78, 5) is 16.8. The highest BCUT2D eigenvalue weighted by Crippen LogP contribution is 2.32. The Morgan fingerprint density at radius 3 is 2.80 bits per heavy atom. The number of halogens is 1. The van der Waals surface area contributed by atoms with Gasteiger partial charge in [0.1, 0.15) is 16.9 Å². The number of aromatic nitrogens is 1. The van der Waals surface area contributed by atoms with Crippen molar-refractivity contribution in [1.29, 1.82) is 5.26 Å². The van der Waals surface area contributed by atoms with Gasteiger partial charge in [-0.15, -0.1) is 11.8 Å². The van der Waals surface area contributed by atoms with Gasteiger partial charge in [-0.2, -0.15) is 5.26 Å². The zero-order chi connectivity index (χ0) is 17.8. The molecule has 0 saturated carbocycles. The first-order chi connectivity index (χ1) is 12.1. The first kappa shape index (κ1) is 17.6. The Bertz CT molecular complexity index is 840. The van der Waals surface area contributed by atoms with Gasteiger partial charge >= 0.3 is 0 Å². The summed E-state index contributed by atoms with van der Waals surface area (Å²) < 4.78 is 12.9. The number of thioether (sulfide) groups is 1. The van der Waals surface area contributed by atoms with Gasteiger partial charge in [-0.25, -0.2) is 9.37 Å². The lowest BCUT2D eigenvalue weighted by Gasteiger charge is -2.10. The highest BCUT2D eigenvalue weighted by Gasteiger charge is 2.20. The molecule has 1 heterocycles. The van der Waals surface area contributed by atoms with E-state index in [2.05, 4.69) is 11.1 Å². The number of Topliss-reactive ketones (excluding diaryl/α,β-unsaturated/α-hetero) is 1. The maximum Gasteiger partial charge on any atom is 0.162 e. The number of nitriles is 1. The van der Waals surface area contributed by atoms with E-state index in [-0.39, 0.29) is 11.6 Å². The Labute approximate surface area is 151 Å². The van der Waals surface area contributed by atoms with Gasteiger partial charge in [0.25, 0.3) is 0 Å². The molecule has 0 radical (unpaired) electrons. The van der Waals surface area contributed by atoms with Crippen molar-refractivity contribution in [2.45, 2.75) is 44.1 Å². The molecule has 128 valence electrons. The van der Waals surface area contributed by atoms with Gasteiger partial charge < -0.3 is 0 Å². The average molecular weight is 354 g/mol. The molecule has 3 rings (SSSR count). The van der Waals surface area contributed by atoms with Crippen molar-refractivity contribution in [3.05, 3.63) is 58.0 Å². The fourth-order valence-electron chi connectivity index (χ4n) is 3.16. The second-order valence-corrected chi connectivity index (χ2v) is 7.27. The third-order valence-corrected chi connectivity index (χ3v) is 5.59. The second-order valence-electron chi connectivity index (χ2n) is 6.19. The summed E-state index contributed by atoms with van der Waals surface area (Å²) in [5.41, 5.74) is 4.65. The summed E-state index contributed by atoms with van der Waals surface area (Å²) in [6.45, 7) is 2.01. The summed E-state index contributed by atoms with van der Waals surface area (Å²) in [5, 5.41) is 10.2. The molecule has 0 N–H and O–H groups in total. The standard InChI is InChI=1S/C20H19FN2OS/c1-13-16-4-2-5-18(16)23-20(17(13)12-22)25-11-3-6-19(24)14-7-9-15(21)10-8-14/h7-10H,2-6,11H2,1H3. The van der Waals surface area contributed by atoms with Crippen LogP contribution < -0.4 is 0 Å². The molecule has 0 aliphatic heterocycles. The van der Waals surface area contributed by atoms with Crippen molar-refractivity contribution in [3.63, 3.8) is 0 Å². The number of hydrogen-bond donors (Lipinski definition) is 0. The van der Waals surface area contributed by atoms with Gasteiger partial charge in [-0.1, -0.05) is 0 Å². The first-order valence-electron chi connectivity index (χ1n) is 8.44. The van der Waals surface area contributed by atoms with E-state index in [1.165, 1.54) is 29.8 Å². The summed E-state index contributed by atoms with van der Waals surface area (Å²) >= 11 is 1.55. The number of benzene rings is 1. The predicted molar refractivity (Wildman–Crippen MR) is 96.4 cm³/mol. The molecule has 3 nitrogen and oxygen atoms in total. The van der Waals surface area contributed by atoms with Crippen molar-refractivity contribution < 1.29 is 9.18 Å². The van der Waals surface area contributed by atoms with E-state index in [0.717, 1.165) is 41.3 Å². The topological polar surface area (TPSA) is 53.8 Å². The van der Waals surface area contributed by atoms with Gasteiger partial charge in [0.2, 0.25) is 0 Å². The normalized spacial score (nSPS) is 12.7. The van der Waals surface area contributed by atoms with Crippen LogP contribution in [0.25, 0.3) is 0 Å². The monoisotopic (exact) mass is 354 g/mol. The van der Waals surface area contributed by atoms with E-state index in [0.29, 0.717) is 24.0 Å². The zero-order valence-electron chi connectivity index (χ0n) is 14.1. The highest BCUT2D eigenvalue weighted by molar-refractivity contribution is 7.99. The number of aryl methyl sites for hydroxylation is 1. The Hall–Kier alpha value is -2.19. The summed E-state index contributed by atoms with van der Waals surface area (Å²) in [7, 11) is 0. The third-order valence-electron chi connectivity index (χ3n) is 4.53. The lowest BCUT2D eigenvalue weighted by Crippen LogP contribution is -2.02. The smallest absolute Gasteiger partial charge is 0.162 e. The van der Waals surface area contributed by atoms with Gasteiger partial charge in [-0.3, -0.25) is 4.79 Å². The number of carbonyl (C=O) groups excluding carboxylic acids is 1. The summed E-state index contributed by atoms with van der Waals surface area (Å²) in [5.74, 6) is 0.403. The third kappa shape index (κ3) is 3.91. The maximum absolute atomic E-state index is 12.9. The highest BCUT2D eigenvalue weighted by atomic mass is 32.2. The van der Waals surface area contributed by atoms with Crippen LogP contribution in [-0.4, -0.2) is 16.5 Å². The minimum atomic E-state index is -0.339. The van der Waals surface area contributed by atoms with Crippen LogP contribution in [0, 0.1) is 24.1 Å². The number of fused-ring (bicyclic) bond motifs is 1. The average Bonchev–Trinajstić information content (AvgIpc) is 3.08. The largest absolute Gasteiger partial charge is 0.294 e.